The minimum Gasteiger partial charge on any atom is -0.465 e. The standard InChI is InChI=1S/C12H15NO2S/c1-15-12(14)10-6-13-11(16-10)9-5-7-2-3-8(9)4-7/h6-9H,2-5H2,1H3. The van der Waals surface area contributed by atoms with Crippen LogP contribution in [0.15, 0.2) is 6.20 Å². The third-order valence-electron chi connectivity index (χ3n) is 3.97. The summed E-state index contributed by atoms with van der Waals surface area (Å²) in [4.78, 5) is 16.4. The molecule has 3 rings (SSSR count). The molecule has 2 bridgehead atoms. The second kappa shape index (κ2) is 3.84. The Morgan fingerprint density at radius 2 is 2.38 bits per heavy atom. The molecule has 3 unspecified atom stereocenters. The van der Waals surface area contributed by atoms with Crippen LogP contribution in [0.2, 0.25) is 0 Å². The maximum Gasteiger partial charge on any atom is 0.349 e. The van der Waals surface area contributed by atoms with Gasteiger partial charge in [0.2, 0.25) is 0 Å². The van der Waals surface area contributed by atoms with Gasteiger partial charge in [0.25, 0.3) is 0 Å². The van der Waals surface area contributed by atoms with Crippen LogP contribution in [0.4, 0.5) is 0 Å². The van der Waals surface area contributed by atoms with Crippen molar-refractivity contribution in [2.45, 2.75) is 31.6 Å². The highest BCUT2D eigenvalue weighted by molar-refractivity contribution is 7.13. The molecule has 86 valence electrons. The van der Waals surface area contributed by atoms with Crippen LogP contribution in [0.3, 0.4) is 0 Å². The van der Waals surface area contributed by atoms with Crippen LogP contribution in [0.25, 0.3) is 0 Å². The van der Waals surface area contributed by atoms with Gasteiger partial charge in [-0.2, -0.15) is 0 Å². The first kappa shape index (κ1) is 10.3. The van der Waals surface area contributed by atoms with E-state index in [0.29, 0.717) is 10.8 Å². The molecule has 2 aliphatic carbocycles. The topological polar surface area (TPSA) is 39.2 Å². The molecule has 3 atom stereocenters. The summed E-state index contributed by atoms with van der Waals surface area (Å²) >= 11 is 1.52. The molecule has 0 N–H and O–H groups in total. The van der Waals surface area contributed by atoms with Crippen molar-refractivity contribution in [2.24, 2.45) is 11.8 Å². The van der Waals surface area contributed by atoms with Gasteiger partial charge in [0.15, 0.2) is 0 Å². The van der Waals surface area contributed by atoms with E-state index in [1.807, 2.05) is 0 Å². The van der Waals surface area contributed by atoms with Crippen LogP contribution in [0, 0.1) is 11.8 Å². The Labute approximate surface area is 98.8 Å². The number of thiazole rings is 1. The zero-order valence-corrected chi connectivity index (χ0v) is 10.1. The molecule has 0 amide bonds. The third kappa shape index (κ3) is 1.56. The summed E-state index contributed by atoms with van der Waals surface area (Å²) in [7, 11) is 1.42. The number of rotatable bonds is 2. The molecular weight excluding hydrogens is 222 g/mol. The lowest BCUT2D eigenvalue weighted by Crippen LogP contribution is -2.07. The van der Waals surface area contributed by atoms with E-state index in [0.717, 1.165) is 16.8 Å². The zero-order chi connectivity index (χ0) is 11.1. The van der Waals surface area contributed by atoms with Crippen molar-refractivity contribution in [2.75, 3.05) is 7.11 Å². The predicted octanol–water partition coefficient (Wildman–Crippen LogP) is 2.83. The van der Waals surface area contributed by atoms with E-state index in [1.165, 1.54) is 44.1 Å². The average molecular weight is 237 g/mol. The Balaban J connectivity index is 1.80. The highest BCUT2D eigenvalue weighted by Gasteiger charge is 2.41. The molecule has 4 heteroatoms. The van der Waals surface area contributed by atoms with Gasteiger partial charge in [0.1, 0.15) is 4.88 Å². The van der Waals surface area contributed by atoms with Crippen LogP contribution in [-0.4, -0.2) is 18.1 Å². The number of esters is 1. The highest BCUT2D eigenvalue weighted by Crippen LogP contribution is 2.53. The summed E-state index contributed by atoms with van der Waals surface area (Å²) in [5.74, 6) is 2.09. The van der Waals surface area contributed by atoms with E-state index in [2.05, 4.69) is 4.98 Å². The van der Waals surface area contributed by atoms with E-state index in [-0.39, 0.29) is 5.97 Å². The van der Waals surface area contributed by atoms with Gasteiger partial charge in [-0.05, 0) is 31.1 Å². The number of aromatic nitrogens is 1. The largest absolute Gasteiger partial charge is 0.465 e. The smallest absolute Gasteiger partial charge is 0.349 e. The minimum absolute atomic E-state index is 0.257. The molecule has 0 saturated heterocycles. The fourth-order valence-corrected chi connectivity index (χ4v) is 4.24. The fourth-order valence-electron chi connectivity index (χ4n) is 3.20. The molecular formula is C12H15NO2S. The zero-order valence-electron chi connectivity index (χ0n) is 9.31. The van der Waals surface area contributed by atoms with Gasteiger partial charge in [-0.1, -0.05) is 6.42 Å². The number of carbonyl (C=O) groups is 1. The van der Waals surface area contributed by atoms with Gasteiger partial charge in [0.05, 0.1) is 18.3 Å². The van der Waals surface area contributed by atoms with E-state index < -0.39 is 0 Å². The molecule has 0 radical (unpaired) electrons. The molecule has 0 aromatic carbocycles. The van der Waals surface area contributed by atoms with E-state index in [1.54, 1.807) is 6.20 Å². The van der Waals surface area contributed by atoms with Crippen molar-refractivity contribution in [1.82, 2.24) is 4.98 Å². The van der Waals surface area contributed by atoms with Crippen molar-refractivity contribution >= 4 is 17.3 Å². The summed E-state index contributed by atoms with van der Waals surface area (Å²) in [6.07, 6.45) is 7.06. The average Bonchev–Trinajstić information content (AvgIpc) is 3.02. The Morgan fingerprint density at radius 1 is 1.50 bits per heavy atom. The monoisotopic (exact) mass is 237 g/mol. The van der Waals surface area contributed by atoms with Gasteiger partial charge >= 0.3 is 5.97 Å². The first-order valence-corrected chi connectivity index (χ1v) is 6.63. The van der Waals surface area contributed by atoms with Crippen LogP contribution in [-0.2, 0) is 4.74 Å². The maximum atomic E-state index is 11.3. The maximum absolute atomic E-state index is 11.3. The normalized spacial score (nSPS) is 31.9. The number of methoxy groups -OCH3 is 1. The number of hydrogen-bond donors (Lipinski definition) is 0. The summed E-state index contributed by atoms with van der Waals surface area (Å²) in [6.45, 7) is 0. The molecule has 16 heavy (non-hydrogen) atoms. The molecule has 0 aliphatic heterocycles. The lowest BCUT2D eigenvalue weighted by atomic mass is 9.89. The van der Waals surface area contributed by atoms with Crippen LogP contribution in [0.5, 0.6) is 0 Å². The Hall–Kier alpha value is -0.900. The molecule has 1 aromatic heterocycles. The number of nitrogens with zero attached hydrogens (tertiary/aromatic N) is 1. The molecule has 1 aromatic rings. The molecule has 0 spiro atoms. The molecule has 2 aliphatic rings. The first-order valence-electron chi connectivity index (χ1n) is 5.82. The molecule has 2 fully saturated rings. The van der Waals surface area contributed by atoms with Gasteiger partial charge in [0, 0.05) is 5.92 Å². The van der Waals surface area contributed by atoms with Crippen LogP contribution < -0.4 is 0 Å². The lowest BCUT2D eigenvalue weighted by Gasteiger charge is -2.18. The van der Waals surface area contributed by atoms with E-state index in [9.17, 15) is 4.79 Å². The van der Waals surface area contributed by atoms with Crippen LogP contribution >= 0.6 is 11.3 Å². The van der Waals surface area contributed by atoms with Gasteiger partial charge < -0.3 is 4.74 Å². The highest BCUT2D eigenvalue weighted by atomic mass is 32.1. The van der Waals surface area contributed by atoms with Crippen molar-refractivity contribution in [3.05, 3.63) is 16.1 Å². The fraction of sp³-hybridized carbons (Fsp3) is 0.667. The predicted molar refractivity (Wildman–Crippen MR) is 61.6 cm³/mol. The van der Waals surface area contributed by atoms with Gasteiger partial charge in [-0.15, -0.1) is 11.3 Å². The van der Waals surface area contributed by atoms with Crippen molar-refractivity contribution in [3.63, 3.8) is 0 Å². The summed E-state index contributed by atoms with van der Waals surface area (Å²) in [5.41, 5.74) is 0. The number of fused-ring (bicyclic) bond motifs is 2. The quantitative estimate of drug-likeness (QED) is 0.742. The second-order valence-electron chi connectivity index (χ2n) is 4.84. The van der Waals surface area contributed by atoms with Crippen molar-refractivity contribution in [1.29, 1.82) is 0 Å². The summed E-state index contributed by atoms with van der Waals surface area (Å²) in [6, 6.07) is 0. The Morgan fingerprint density at radius 3 is 3.00 bits per heavy atom. The summed E-state index contributed by atoms with van der Waals surface area (Å²) < 4.78 is 4.71. The van der Waals surface area contributed by atoms with Crippen LogP contribution in [0.1, 0.15) is 46.3 Å². The van der Waals surface area contributed by atoms with E-state index in [4.69, 9.17) is 4.74 Å². The lowest BCUT2D eigenvalue weighted by molar-refractivity contribution is 0.0606. The van der Waals surface area contributed by atoms with Gasteiger partial charge in [-0.3, -0.25) is 0 Å². The van der Waals surface area contributed by atoms with Gasteiger partial charge in [-0.25, -0.2) is 9.78 Å². The molecule has 1 heterocycles. The Kier molecular flexibility index (Phi) is 2.46. The number of carbonyl (C=O) groups excluding carboxylic acids is 1. The second-order valence-corrected chi connectivity index (χ2v) is 5.90. The third-order valence-corrected chi connectivity index (χ3v) is 5.07. The molecule has 3 nitrogen and oxygen atoms in total. The molecule has 2 saturated carbocycles. The SMILES string of the molecule is COC(=O)c1cnc(C2CC3CCC2C3)s1. The number of ether oxygens (including phenoxy) is 1. The minimum atomic E-state index is -0.257. The number of hydrogen-bond acceptors (Lipinski definition) is 4. The Bertz CT molecular complexity index is 415. The van der Waals surface area contributed by atoms with Crippen molar-refractivity contribution in [3.8, 4) is 0 Å². The summed E-state index contributed by atoms with van der Waals surface area (Å²) in [5, 5.41) is 1.15. The van der Waals surface area contributed by atoms with Crippen molar-refractivity contribution < 1.29 is 9.53 Å². The van der Waals surface area contributed by atoms with E-state index >= 15 is 0 Å². The first-order chi connectivity index (χ1) is 7.78.